The summed E-state index contributed by atoms with van der Waals surface area (Å²) >= 11 is 0. The van der Waals surface area contributed by atoms with Crippen molar-refractivity contribution in [1.29, 1.82) is 0 Å². The van der Waals surface area contributed by atoms with Crippen LogP contribution >= 0.6 is 24.8 Å². The molecule has 4 heteroatoms. The van der Waals surface area contributed by atoms with Crippen LogP contribution in [0.5, 0.6) is 0 Å². The summed E-state index contributed by atoms with van der Waals surface area (Å²) in [6.45, 7) is 8.12. The number of nitrogens with zero attached hydrogens (tertiary/aromatic N) is 1. The molecule has 0 aromatic carbocycles. The van der Waals surface area contributed by atoms with E-state index in [1.54, 1.807) is 0 Å². The maximum atomic E-state index is 3.68. The molecule has 1 aliphatic rings. The van der Waals surface area contributed by atoms with Crippen LogP contribution in [0.3, 0.4) is 0 Å². The number of hydrogen-bond acceptors (Lipinski definition) is 2. The second-order valence-corrected chi connectivity index (χ2v) is 1.97. The molecule has 0 unspecified atom stereocenters. The van der Waals surface area contributed by atoms with E-state index in [2.05, 4.69) is 16.8 Å². The van der Waals surface area contributed by atoms with E-state index in [9.17, 15) is 0 Å². The lowest BCUT2D eigenvalue weighted by Crippen LogP contribution is -2.40. The van der Waals surface area contributed by atoms with Gasteiger partial charge in [-0.25, -0.2) is 0 Å². The Kier molecular flexibility index (Phi) is 9.15. The fourth-order valence-electron chi connectivity index (χ4n) is 0.865. The molecule has 0 aromatic rings. The first kappa shape index (κ1) is 12.7. The van der Waals surface area contributed by atoms with Crippen LogP contribution < -0.4 is 5.32 Å². The molecule has 0 amide bonds. The molecule has 0 aliphatic carbocycles. The summed E-state index contributed by atoms with van der Waals surface area (Å²) in [6.07, 6.45) is 1.90. The Balaban J connectivity index is 0. The van der Waals surface area contributed by atoms with Crippen molar-refractivity contribution in [2.45, 2.75) is 0 Å². The SMILES string of the molecule is C=CN1CCNCC1.Cl.Cl. The Bertz CT molecular complexity index is 81.8. The van der Waals surface area contributed by atoms with Gasteiger partial charge in [0, 0.05) is 26.2 Å². The van der Waals surface area contributed by atoms with Crippen LogP contribution in [0.1, 0.15) is 0 Å². The smallest absolute Gasteiger partial charge is 0.0298 e. The molecule has 0 bridgehead atoms. The molecule has 0 saturated carbocycles. The van der Waals surface area contributed by atoms with E-state index in [0.717, 1.165) is 26.2 Å². The van der Waals surface area contributed by atoms with Crippen LogP contribution in [0.4, 0.5) is 0 Å². The van der Waals surface area contributed by atoms with E-state index in [-0.39, 0.29) is 24.8 Å². The lowest BCUT2D eigenvalue weighted by molar-refractivity contribution is 0.325. The molecular formula is C6H14Cl2N2. The van der Waals surface area contributed by atoms with E-state index >= 15 is 0 Å². The highest BCUT2D eigenvalue weighted by atomic mass is 35.5. The van der Waals surface area contributed by atoms with Crippen molar-refractivity contribution in [3.05, 3.63) is 12.8 Å². The quantitative estimate of drug-likeness (QED) is 0.652. The third kappa shape index (κ3) is 3.99. The summed E-state index contributed by atoms with van der Waals surface area (Å²) < 4.78 is 0. The Labute approximate surface area is 74.5 Å². The van der Waals surface area contributed by atoms with Crippen molar-refractivity contribution in [2.75, 3.05) is 26.2 Å². The van der Waals surface area contributed by atoms with Crippen LogP contribution in [-0.4, -0.2) is 31.1 Å². The van der Waals surface area contributed by atoms with Crippen LogP contribution in [0.25, 0.3) is 0 Å². The number of piperazine rings is 1. The first-order chi connectivity index (χ1) is 3.93. The second kappa shape index (κ2) is 7.19. The number of hydrogen-bond donors (Lipinski definition) is 1. The fraction of sp³-hybridized carbons (Fsp3) is 0.667. The van der Waals surface area contributed by atoms with Gasteiger partial charge in [-0.2, -0.15) is 0 Å². The topological polar surface area (TPSA) is 15.3 Å². The first-order valence-corrected chi connectivity index (χ1v) is 3.01. The highest BCUT2D eigenvalue weighted by molar-refractivity contribution is 5.85. The van der Waals surface area contributed by atoms with E-state index < -0.39 is 0 Å². The van der Waals surface area contributed by atoms with Crippen molar-refractivity contribution >= 4 is 24.8 Å². The number of rotatable bonds is 1. The average Bonchev–Trinajstić information content (AvgIpc) is 1.90. The average molecular weight is 185 g/mol. The lowest BCUT2D eigenvalue weighted by Gasteiger charge is -2.24. The van der Waals surface area contributed by atoms with Crippen molar-refractivity contribution in [2.24, 2.45) is 0 Å². The minimum Gasteiger partial charge on any atom is -0.375 e. The molecule has 0 radical (unpaired) electrons. The monoisotopic (exact) mass is 184 g/mol. The van der Waals surface area contributed by atoms with Gasteiger partial charge in [-0.05, 0) is 6.20 Å². The number of halogens is 2. The minimum absolute atomic E-state index is 0. The van der Waals surface area contributed by atoms with Gasteiger partial charge >= 0.3 is 0 Å². The molecule has 0 spiro atoms. The largest absolute Gasteiger partial charge is 0.375 e. The summed E-state index contributed by atoms with van der Waals surface area (Å²) in [5.74, 6) is 0. The summed E-state index contributed by atoms with van der Waals surface area (Å²) in [7, 11) is 0. The first-order valence-electron chi connectivity index (χ1n) is 3.01. The zero-order chi connectivity index (χ0) is 5.82. The van der Waals surface area contributed by atoms with Gasteiger partial charge in [-0.3, -0.25) is 0 Å². The van der Waals surface area contributed by atoms with Gasteiger partial charge in [-0.15, -0.1) is 24.8 Å². The maximum absolute atomic E-state index is 3.68. The predicted octanol–water partition coefficient (Wildman–Crippen LogP) is 0.879. The summed E-state index contributed by atoms with van der Waals surface area (Å²) in [5, 5.41) is 3.26. The molecule has 1 rings (SSSR count). The van der Waals surface area contributed by atoms with E-state index in [0.29, 0.717) is 0 Å². The molecule has 1 aliphatic heterocycles. The zero-order valence-corrected chi connectivity index (χ0v) is 7.51. The maximum Gasteiger partial charge on any atom is 0.0298 e. The van der Waals surface area contributed by atoms with Crippen LogP contribution in [0, 0.1) is 0 Å². The minimum atomic E-state index is 0. The van der Waals surface area contributed by atoms with Crippen LogP contribution in [0.2, 0.25) is 0 Å². The van der Waals surface area contributed by atoms with Gasteiger partial charge in [0.2, 0.25) is 0 Å². The van der Waals surface area contributed by atoms with Gasteiger partial charge in [0.1, 0.15) is 0 Å². The standard InChI is InChI=1S/C6H12N2.2ClH/c1-2-8-5-3-7-4-6-8;;/h2,7H,1,3-6H2;2*1H. The molecule has 1 fully saturated rings. The fourth-order valence-corrected chi connectivity index (χ4v) is 0.865. The van der Waals surface area contributed by atoms with Crippen LogP contribution in [-0.2, 0) is 0 Å². The predicted molar refractivity (Wildman–Crippen MR) is 49.1 cm³/mol. The van der Waals surface area contributed by atoms with E-state index in [1.807, 2.05) is 6.20 Å². The molecule has 2 nitrogen and oxygen atoms in total. The number of nitrogens with one attached hydrogen (secondary N) is 1. The molecular weight excluding hydrogens is 171 g/mol. The summed E-state index contributed by atoms with van der Waals surface area (Å²) in [5.41, 5.74) is 0. The Morgan fingerprint density at radius 1 is 1.20 bits per heavy atom. The molecule has 0 atom stereocenters. The van der Waals surface area contributed by atoms with Gasteiger partial charge < -0.3 is 10.2 Å². The zero-order valence-electron chi connectivity index (χ0n) is 5.88. The summed E-state index contributed by atoms with van der Waals surface area (Å²) in [4.78, 5) is 2.22. The second-order valence-electron chi connectivity index (χ2n) is 1.97. The highest BCUT2D eigenvalue weighted by Gasteiger charge is 2.01. The van der Waals surface area contributed by atoms with E-state index in [1.165, 1.54) is 0 Å². The molecule has 1 N–H and O–H groups in total. The summed E-state index contributed by atoms with van der Waals surface area (Å²) in [6, 6.07) is 0. The third-order valence-electron chi connectivity index (χ3n) is 1.41. The Morgan fingerprint density at radius 3 is 2.00 bits per heavy atom. The van der Waals surface area contributed by atoms with E-state index in [4.69, 9.17) is 0 Å². The highest BCUT2D eigenvalue weighted by Crippen LogP contribution is 1.89. The van der Waals surface area contributed by atoms with Gasteiger partial charge in [0.25, 0.3) is 0 Å². The molecule has 0 aromatic heterocycles. The molecule has 1 heterocycles. The third-order valence-corrected chi connectivity index (χ3v) is 1.41. The van der Waals surface area contributed by atoms with Crippen molar-refractivity contribution < 1.29 is 0 Å². The van der Waals surface area contributed by atoms with Crippen molar-refractivity contribution in [3.63, 3.8) is 0 Å². The van der Waals surface area contributed by atoms with Crippen molar-refractivity contribution in [1.82, 2.24) is 10.2 Å². The van der Waals surface area contributed by atoms with Gasteiger partial charge in [-0.1, -0.05) is 6.58 Å². The molecule has 1 saturated heterocycles. The van der Waals surface area contributed by atoms with Crippen molar-refractivity contribution in [3.8, 4) is 0 Å². The molecule has 10 heavy (non-hydrogen) atoms. The van der Waals surface area contributed by atoms with Gasteiger partial charge in [0.05, 0.1) is 0 Å². The Morgan fingerprint density at radius 2 is 1.70 bits per heavy atom. The molecule has 62 valence electrons. The lowest BCUT2D eigenvalue weighted by atomic mass is 10.4. The van der Waals surface area contributed by atoms with Gasteiger partial charge in [0.15, 0.2) is 0 Å². The normalized spacial score (nSPS) is 16.6. The Hall–Kier alpha value is 0.0800. The van der Waals surface area contributed by atoms with Crippen LogP contribution in [0.15, 0.2) is 12.8 Å².